The van der Waals surface area contributed by atoms with Gasteiger partial charge in [-0.3, -0.25) is 0 Å². The number of anilines is 1. The van der Waals surface area contributed by atoms with E-state index in [0.717, 1.165) is 19.3 Å². The number of benzene rings is 1. The van der Waals surface area contributed by atoms with Crippen molar-refractivity contribution in [1.82, 2.24) is 4.31 Å². The number of nitrogen functional groups attached to an aromatic ring is 1. The Kier molecular flexibility index (Phi) is 3.54. The molecule has 0 saturated carbocycles. The van der Waals surface area contributed by atoms with Gasteiger partial charge in [0.05, 0.1) is 0 Å². The second-order valence-corrected chi connectivity index (χ2v) is 5.61. The molecule has 94 valence electrons. The second-order valence-electron chi connectivity index (χ2n) is 4.07. The quantitative estimate of drug-likeness (QED) is 0.829. The van der Waals surface area contributed by atoms with E-state index in [1.165, 1.54) is 10.4 Å². The highest BCUT2D eigenvalue weighted by molar-refractivity contribution is 7.84. The molecule has 0 radical (unpaired) electrons. The molecule has 1 aromatic rings. The first-order chi connectivity index (χ1) is 8.08. The average molecular weight is 256 g/mol. The first-order valence-corrected chi connectivity index (χ1v) is 6.99. The van der Waals surface area contributed by atoms with E-state index in [2.05, 4.69) is 0 Å². The van der Waals surface area contributed by atoms with Crippen molar-refractivity contribution >= 4 is 16.0 Å². The lowest BCUT2D eigenvalue weighted by molar-refractivity contribution is 0.312. The summed E-state index contributed by atoms with van der Waals surface area (Å²) < 4.78 is 30.3. The molecule has 1 aliphatic heterocycles. The number of rotatable bonds is 3. The fourth-order valence-electron chi connectivity index (χ4n) is 1.83. The Morgan fingerprint density at radius 1 is 1.18 bits per heavy atom. The van der Waals surface area contributed by atoms with Gasteiger partial charge in [-0.2, -0.15) is 12.7 Å². The lowest BCUT2D eigenvalue weighted by Crippen LogP contribution is -2.38. The molecular formula is C11H16N2O3S. The standard InChI is InChI=1S/C11H16N2O3S/c12-10-5-4-6-11(9-10)16-17(14,15)13-7-2-1-3-8-13/h4-6,9H,1-3,7-8,12H2. The summed E-state index contributed by atoms with van der Waals surface area (Å²) in [6.07, 6.45) is 2.85. The zero-order valence-corrected chi connectivity index (χ0v) is 10.3. The van der Waals surface area contributed by atoms with E-state index in [9.17, 15) is 8.42 Å². The summed E-state index contributed by atoms with van der Waals surface area (Å²) in [6, 6.07) is 6.43. The Bertz CT molecular complexity index is 481. The Morgan fingerprint density at radius 3 is 2.53 bits per heavy atom. The van der Waals surface area contributed by atoms with E-state index in [4.69, 9.17) is 9.92 Å². The largest absolute Gasteiger partial charge is 0.399 e. The number of hydrogen-bond donors (Lipinski definition) is 1. The van der Waals surface area contributed by atoms with Crippen molar-refractivity contribution in [2.75, 3.05) is 18.8 Å². The smallest absolute Gasteiger partial charge is 0.385 e. The minimum Gasteiger partial charge on any atom is -0.399 e. The van der Waals surface area contributed by atoms with Gasteiger partial charge < -0.3 is 9.92 Å². The van der Waals surface area contributed by atoms with E-state index < -0.39 is 10.3 Å². The highest BCUT2D eigenvalue weighted by Gasteiger charge is 2.25. The highest BCUT2D eigenvalue weighted by atomic mass is 32.2. The zero-order chi connectivity index (χ0) is 12.3. The lowest BCUT2D eigenvalue weighted by atomic mass is 10.2. The van der Waals surface area contributed by atoms with Crippen molar-refractivity contribution in [3.63, 3.8) is 0 Å². The summed E-state index contributed by atoms with van der Waals surface area (Å²) in [4.78, 5) is 0. The molecule has 0 aliphatic carbocycles. The molecule has 1 aliphatic rings. The molecule has 1 fully saturated rings. The van der Waals surface area contributed by atoms with Crippen LogP contribution in [0, 0.1) is 0 Å². The Labute approximate surface area is 101 Å². The first kappa shape index (κ1) is 12.2. The SMILES string of the molecule is Nc1cccc(OS(=O)(=O)N2CCCCC2)c1. The molecule has 0 unspecified atom stereocenters. The van der Waals surface area contributed by atoms with Gasteiger partial charge in [-0.1, -0.05) is 12.5 Å². The van der Waals surface area contributed by atoms with Gasteiger partial charge in [-0.25, -0.2) is 0 Å². The first-order valence-electron chi connectivity index (χ1n) is 5.63. The van der Waals surface area contributed by atoms with Crippen LogP contribution in [0.15, 0.2) is 24.3 Å². The van der Waals surface area contributed by atoms with Gasteiger partial charge in [-0.05, 0) is 25.0 Å². The van der Waals surface area contributed by atoms with Crippen LogP contribution >= 0.6 is 0 Å². The molecule has 0 bridgehead atoms. The zero-order valence-electron chi connectivity index (χ0n) is 9.50. The molecule has 6 heteroatoms. The summed E-state index contributed by atoms with van der Waals surface area (Å²) in [6.45, 7) is 1.06. The van der Waals surface area contributed by atoms with Crippen LogP contribution in [0.1, 0.15) is 19.3 Å². The van der Waals surface area contributed by atoms with Crippen LogP contribution in [0.2, 0.25) is 0 Å². The fourth-order valence-corrected chi connectivity index (χ4v) is 2.99. The minimum absolute atomic E-state index is 0.260. The monoisotopic (exact) mass is 256 g/mol. The van der Waals surface area contributed by atoms with E-state index in [-0.39, 0.29) is 5.75 Å². The van der Waals surface area contributed by atoms with Crippen LogP contribution in [0.4, 0.5) is 5.69 Å². The maximum absolute atomic E-state index is 11.9. The van der Waals surface area contributed by atoms with Crippen molar-refractivity contribution < 1.29 is 12.6 Å². The minimum atomic E-state index is -3.68. The molecule has 1 saturated heterocycles. The van der Waals surface area contributed by atoms with Crippen LogP contribution in [-0.2, 0) is 10.3 Å². The van der Waals surface area contributed by atoms with E-state index in [1.807, 2.05) is 0 Å². The molecule has 0 atom stereocenters. The molecule has 0 spiro atoms. The van der Waals surface area contributed by atoms with Gasteiger partial charge in [0.25, 0.3) is 0 Å². The molecule has 2 N–H and O–H groups in total. The van der Waals surface area contributed by atoms with Gasteiger partial charge in [0.1, 0.15) is 5.75 Å². The third-order valence-corrected chi connectivity index (χ3v) is 4.09. The van der Waals surface area contributed by atoms with Crippen LogP contribution in [0.25, 0.3) is 0 Å². The van der Waals surface area contributed by atoms with Crippen molar-refractivity contribution in [3.8, 4) is 5.75 Å². The number of hydrogen-bond acceptors (Lipinski definition) is 4. The maximum Gasteiger partial charge on any atom is 0.385 e. The molecule has 1 heterocycles. The average Bonchev–Trinajstić information content (AvgIpc) is 2.29. The molecule has 2 rings (SSSR count). The molecule has 0 aromatic heterocycles. The van der Waals surface area contributed by atoms with Crippen LogP contribution in [0.5, 0.6) is 5.75 Å². The number of nitrogens with zero attached hydrogens (tertiary/aromatic N) is 1. The molecule has 1 aromatic carbocycles. The van der Waals surface area contributed by atoms with Gasteiger partial charge in [0.15, 0.2) is 0 Å². The highest BCUT2D eigenvalue weighted by Crippen LogP contribution is 2.20. The third-order valence-electron chi connectivity index (χ3n) is 2.69. The second kappa shape index (κ2) is 4.93. The van der Waals surface area contributed by atoms with Crippen molar-refractivity contribution in [1.29, 1.82) is 0 Å². The summed E-state index contributed by atoms with van der Waals surface area (Å²) in [5.74, 6) is 0.260. The number of piperidine rings is 1. The normalized spacial score (nSPS) is 17.9. The van der Waals surface area contributed by atoms with Crippen molar-refractivity contribution in [2.24, 2.45) is 0 Å². The van der Waals surface area contributed by atoms with Crippen LogP contribution in [0.3, 0.4) is 0 Å². The van der Waals surface area contributed by atoms with Crippen molar-refractivity contribution in [2.45, 2.75) is 19.3 Å². The van der Waals surface area contributed by atoms with E-state index in [0.29, 0.717) is 18.8 Å². The van der Waals surface area contributed by atoms with Crippen molar-refractivity contribution in [3.05, 3.63) is 24.3 Å². The Morgan fingerprint density at radius 2 is 1.88 bits per heavy atom. The summed E-state index contributed by atoms with van der Waals surface area (Å²) >= 11 is 0. The summed E-state index contributed by atoms with van der Waals surface area (Å²) in [5, 5.41) is 0. The van der Waals surface area contributed by atoms with E-state index in [1.54, 1.807) is 18.2 Å². The van der Waals surface area contributed by atoms with Gasteiger partial charge >= 0.3 is 10.3 Å². The number of nitrogens with two attached hydrogens (primary N) is 1. The summed E-state index contributed by atoms with van der Waals surface area (Å²) in [7, 11) is -3.68. The summed E-state index contributed by atoms with van der Waals surface area (Å²) in [5.41, 5.74) is 6.05. The van der Waals surface area contributed by atoms with Gasteiger partial charge in [-0.15, -0.1) is 0 Å². The molecule has 5 nitrogen and oxygen atoms in total. The fraction of sp³-hybridized carbons (Fsp3) is 0.455. The predicted molar refractivity (Wildman–Crippen MR) is 65.8 cm³/mol. The maximum atomic E-state index is 11.9. The topological polar surface area (TPSA) is 72.6 Å². The third kappa shape index (κ3) is 3.10. The molecular weight excluding hydrogens is 240 g/mol. The predicted octanol–water partition coefficient (Wildman–Crippen LogP) is 1.38. The van der Waals surface area contributed by atoms with Crippen LogP contribution < -0.4 is 9.92 Å². The Balaban J connectivity index is 2.11. The van der Waals surface area contributed by atoms with Crippen LogP contribution in [-0.4, -0.2) is 25.8 Å². The lowest BCUT2D eigenvalue weighted by Gasteiger charge is -2.25. The molecule has 17 heavy (non-hydrogen) atoms. The van der Waals surface area contributed by atoms with Gasteiger partial charge in [0, 0.05) is 24.8 Å². The Hall–Kier alpha value is -1.27. The molecule has 0 amide bonds. The van der Waals surface area contributed by atoms with E-state index >= 15 is 0 Å². The van der Waals surface area contributed by atoms with Gasteiger partial charge in [0.2, 0.25) is 0 Å².